The highest BCUT2D eigenvalue weighted by Gasteiger charge is 2.45. The number of benzene rings is 6. The number of carbonyl (C=O) groups excluding carboxylic acids is 1. The van der Waals surface area contributed by atoms with Crippen LogP contribution in [-0.2, 0) is 10.2 Å². The lowest BCUT2D eigenvalue weighted by molar-refractivity contribution is -0.115. The number of amides is 1. The molecule has 1 aliphatic rings. The second-order valence-corrected chi connectivity index (χ2v) is 10.5. The monoisotopic (exact) mass is 527 g/mol. The second-order valence-electron chi connectivity index (χ2n) is 10.5. The minimum Gasteiger partial charge on any atom is -0.281 e. The van der Waals surface area contributed by atoms with Gasteiger partial charge in [0.15, 0.2) is 0 Å². The van der Waals surface area contributed by atoms with Gasteiger partial charge in [-0.25, -0.2) is 0 Å². The van der Waals surface area contributed by atoms with E-state index in [9.17, 15) is 4.79 Å². The Morgan fingerprint density at radius 1 is 0.463 bits per heavy atom. The molecule has 6 aromatic carbocycles. The van der Waals surface area contributed by atoms with Crippen molar-refractivity contribution in [3.8, 4) is 22.3 Å². The molecule has 196 valence electrons. The summed E-state index contributed by atoms with van der Waals surface area (Å²) in [5.41, 5.74) is 11.0. The lowest BCUT2D eigenvalue weighted by Crippen LogP contribution is -2.29. The molecule has 0 saturated carbocycles. The molecule has 7 rings (SSSR count). The number of nitrogens with zero attached hydrogens (tertiary/aromatic N) is 1. The van der Waals surface area contributed by atoms with Gasteiger partial charge in [-0.2, -0.15) is 0 Å². The maximum atomic E-state index is 13.0. The van der Waals surface area contributed by atoms with E-state index in [-0.39, 0.29) is 5.91 Å². The molecule has 1 amide bonds. The van der Waals surface area contributed by atoms with Crippen LogP contribution in [-0.4, -0.2) is 5.91 Å². The van der Waals surface area contributed by atoms with Gasteiger partial charge in [0.2, 0.25) is 5.91 Å². The number of carbonyl (C=O) groups is 1. The fourth-order valence-corrected chi connectivity index (χ4v) is 6.52. The zero-order valence-corrected chi connectivity index (χ0v) is 22.9. The average molecular weight is 528 g/mol. The Morgan fingerprint density at radius 3 is 1.41 bits per heavy atom. The second kappa shape index (κ2) is 10.1. The summed E-state index contributed by atoms with van der Waals surface area (Å²) in [6.45, 7) is 1.62. The molecule has 2 heteroatoms. The zero-order valence-electron chi connectivity index (χ0n) is 22.9. The molecule has 0 N–H and O–H groups in total. The molecule has 0 aliphatic heterocycles. The minimum absolute atomic E-state index is 0.0282. The van der Waals surface area contributed by atoms with E-state index >= 15 is 0 Å². The summed E-state index contributed by atoms with van der Waals surface area (Å²) in [5, 5.41) is 0. The van der Waals surface area contributed by atoms with E-state index in [0.717, 1.165) is 22.5 Å². The van der Waals surface area contributed by atoms with Crippen LogP contribution in [0.5, 0.6) is 0 Å². The van der Waals surface area contributed by atoms with Gasteiger partial charge >= 0.3 is 0 Å². The van der Waals surface area contributed by atoms with Crippen LogP contribution in [0.25, 0.3) is 22.3 Å². The molecular formula is C39H29NO. The highest BCUT2D eigenvalue weighted by molar-refractivity contribution is 5.99. The largest absolute Gasteiger partial charge is 0.281 e. The summed E-state index contributed by atoms with van der Waals surface area (Å²) in [5.74, 6) is -0.0282. The first kappa shape index (κ1) is 24.8. The van der Waals surface area contributed by atoms with E-state index in [0.29, 0.717) is 0 Å². The van der Waals surface area contributed by atoms with Crippen molar-refractivity contribution in [1.29, 1.82) is 0 Å². The first-order valence-corrected chi connectivity index (χ1v) is 14.0. The van der Waals surface area contributed by atoms with E-state index in [4.69, 9.17) is 0 Å². The maximum Gasteiger partial charge on any atom is 0.228 e. The number of fused-ring (bicyclic) bond motifs is 3. The molecule has 0 fully saturated rings. The molecule has 0 spiro atoms. The van der Waals surface area contributed by atoms with Crippen LogP contribution in [0.1, 0.15) is 29.2 Å². The topological polar surface area (TPSA) is 20.3 Å². The Bertz CT molecular complexity index is 1790. The van der Waals surface area contributed by atoms with Crippen molar-refractivity contribution in [2.75, 3.05) is 4.90 Å². The van der Waals surface area contributed by atoms with Crippen molar-refractivity contribution >= 4 is 17.3 Å². The van der Waals surface area contributed by atoms with Crippen molar-refractivity contribution in [2.45, 2.75) is 12.3 Å². The van der Waals surface area contributed by atoms with Crippen LogP contribution >= 0.6 is 0 Å². The SMILES string of the molecule is CC(=O)N(c1ccc(-c2ccccc2)cc1)c1ccc(C2(c3ccccc3)c3ccccc3-c3ccccc32)cc1. The molecule has 0 radical (unpaired) electrons. The number of hydrogen-bond donors (Lipinski definition) is 0. The van der Waals surface area contributed by atoms with Crippen molar-refractivity contribution in [2.24, 2.45) is 0 Å². The maximum absolute atomic E-state index is 13.0. The summed E-state index contributed by atoms with van der Waals surface area (Å²) < 4.78 is 0. The van der Waals surface area contributed by atoms with Crippen LogP contribution in [0.2, 0.25) is 0 Å². The van der Waals surface area contributed by atoms with E-state index in [1.54, 1.807) is 11.8 Å². The molecule has 6 aromatic rings. The average Bonchev–Trinajstić information content (AvgIpc) is 3.34. The first-order valence-electron chi connectivity index (χ1n) is 14.0. The summed E-state index contributed by atoms with van der Waals surface area (Å²) in [6, 6.07) is 55.2. The third-order valence-corrected chi connectivity index (χ3v) is 8.27. The predicted octanol–water partition coefficient (Wildman–Crippen LogP) is 9.40. The van der Waals surface area contributed by atoms with Gasteiger partial charge in [-0.1, -0.05) is 133 Å². The van der Waals surface area contributed by atoms with Gasteiger partial charge in [-0.15, -0.1) is 0 Å². The summed E-state index contributed by atoms with van der Waals surface area (Å²) in [6.07, 6.45) is 0. The standard InChI is InChI=1S/C39H29NO/c1-28(41)40(33-24-20-30(21-25-33)29-12-4-2-5-13-29)34-26-22-32(23-27-34)39(31-14-6-3-7-15-31)37-18-10-8-16-35(37)36-17-9-11-19-38(36)39/h2-27H,1H3. The van der Waals surface area contributed by atoms with Crippen LogP contribution in [0.15, 0.2) is 158 Å². The number of rotatable bonds is 5. The summed E-state index contributed by atoms with van der Waals surface area (Å²) in [4.78, 5) is 14.8. The minimum atomic E-state index is -0.453. The molecule has 2 nitrogen and oxygen atoms in total. The summed E-state index contributed by atoms with van der Waals surface area (Å²) in [7, 11) is 0. The lowest BCUT2D eigenvalue weighted by atomic mass is 9.68. The quantitative estimate of drug-likeness (QED) is 0.218. The third-order valence-electron chi connectivity index (χ3n) is 8.27. The van der Waals surface area contributed by atoms with Crippen molar-refractivity contribution < 1.29 is 4.79 Å². The van der Waals surface area contributed by atoms with E-state index in [2.05, 4.69) is 127 Å². The highest BCUT2D eigenvalue weighted by Crippen LogP contribution is 2.56. The zero-order chi connectivity index (χ0) is 27.8. The molecule has 0 atom stereocenters. The number of anilines is 2. The molecule has 0 bridgehead atoms. The van der Waals surface area contributed by atoms with E-state index < -0.39 is 5.41 Å². The first-order chi connectivity index (χ1) is 20.2. The van der Waals surface area contributed by atoms with Crippen molar-refractivity contribution in [1.82, 2.24) is 0 Å². The fourth-order valence-electron chi connectivity index (χ4n) is 6.52. The summed E-state index contributed by atoms with van der Waals surface area (Å²) >= 11 is 0. The molecule has 41 heavy (non-hydrogen) atoms. The molecule has 0 aromatic heterocycles. The normalized spacial score (nSPS) is 12.8. The Labute approximate surface area is 241 Å². The Balaban J connectivity index is 1.34. The van der Waals surface area contributed by atoms with Gasteiger partial charge in [-0.3, -0.25) is 9.69 Å². The Kier molecular flexibility index (Phi) is 6.10. The van der Waals surface area contributed by atoms with Gasteiger partial charge in [0, 0.05) is 18.3 Å². The molecule has 0 heterocycles. The molecular weight excluding hydrogens is 498 g/mol. The van der Waals surface area contributed by atoms with Gasteiger partial charge in [0.1, 0.15) is 0 Å². The lowest BCUT2D eigenvalue weighted by Gasteiger charge is -2.34. The van der Waals surface area contributed by atoms with Gasteiger partial charge in [0.25, 0.3) is 0 Å². The third kappa shape index (κ3) is 3.99. The molecule has 0 saturated heterocycles. The number of hydrogen-bond acceptors (Lipinski definition) is 1. The van der Waals surface area contributed by atoms with Crippen LogP contribution in [0, 0.1) is 0 Å². The highest BCUT2D eigenvalue weighted by atomic mass is 16.2. The van der Waals surface area contributed by atoms with Crippen molar-refractivity contribution in [3.63, 3.8) is 0 Å². The van der Waals surface area contributed by atoms with E-state index in [1.807, 2.05) is 30.3 Å². The smallest absolute Gasteiger partial charge is 0.228 e. The Morgan fingerprint density at radius 2 is 0.878 bits per heavy atom. The van der Waals surface area contributed by atoms with Gasteiger partial charge in [-0.05, 0) is 68.8 Å². The van der Waals surface area contributed by atoms with Gasteiger partial charge in [0.05, 0.1) is 5.41 Å². The van der Waals surface area contributed by atoms with Crippen molar-refractivity contribution in [3.05, 3.63) is 180 Å². The van der Waals surface area contributed by atoms with Crippen LogP contribution in [0.4, 0.5) is 11.4 Å². The Hall–Kier alpha value is -5.21. The van der Waals surface area contributed by atoms with Gasteiger partial charge < -0.3 is 0 Å². The van der Waals surface area contributed by atoms with Crippen LogP contribution in [0.3, 0.4) is 0 Å². The fraction of sp³-hybridized carbons (Fsp3) is 0.0513. The van der Waals surface area contributed by atoms with E-state index in [1.165, 1.54) is 33.4 Å². The predicted molar refractivity (Wildman–Crippen MR) is 168 cm³/mol. The molecule has 0 unspecified atom stereocenters. The van der Waals surface area contributed by atoms with Crippen LogP contribution < -0.4 is 4.90 Å². The molecule has 1 aliphatic carbocycles.